The van der Waals surface area contributed by atoms with Crippen molar-refractivity contribution in [2.45, 2.75) is 13.5 Å². The van der Waals surface area contributed by atoms with Gasteiger partial charge in [0, 0.05) is 15.4 Å². The second kappa shape index (κ2) is 12.1. The van der Waals surface area contributed by atoms with E-state index in [1.165, 1.54) is 13.2 Å². The van der Waals surface area contributed by atoms with Crippen LogP contribution >= 0.6 is 15.9 Å². The van der Waals surface area contributed by atoms with E-state index >= 15 is 0 Å². The second-order valence-corrected chi connectivity index (χ2v) is 9.89. The van der Waals surface area contributed by atoms with Gasteiger partial charge < -0.3 is 18.6 Å². The SMILES string of the molecule is COc1cc(/C=C/C(=O)c2ccc(Br)cc2)ccc1OC(=O)c1c(C)oc2ccc(OCc3ccccc3)cc12. The molecule has 1 aromatic heterocycles. The average Bonchev–Trinajstić information content (AvgIpc) is 3.31. The lowest BCUT2D eigenvalue weighted by atomic mass is 10.1. The molecule has 1 heterocycles. The van der Waals surface area contributed by atoms with Crippen molar-refractivity contribution in [2.24, 2.45) is 0 Å². The molecule has 0 N–H and O–H groups in total. The molecule has 5 rings (SSSR count). The first-order chi connectivity index (χ1) is 19.4. The van der Waals surface area contributed by atoms with Gasteiger partial charge >= 0.3 is 5.97 Å². The van der Waals surface area contributed by atoms with Gasteiger partial charge in [0.15, 0.2) is 17.3 Å². The van der Waals surface area contributed by atoms with Gasteiger partial charge in [-0.25, -0.2) is 4.79 Å². The number of methoxy groups -OCH3 is 1. The summed E-state index contributed by atoms with van der Waals surface area (Å²) in [5.41, 5.74) is 3.19. The maximum absolute atomic E-state index is 13.3. The Morgan fingerprint density at radius 3 is 2.42 bits per heavy atom. The molecule has 0 fully saturated rings. The maximum atomic E-state index is 13.3. The van der Waals surface area contributed by atoms with E-state index in [0.717, 1.165) is 10.0 Å². The minimum atomic E-state index is -0.580. The lowest BCUT2D eigenvalue weighted by Gasteiger charge is -2.10. The lowest BCUT2D eigenvalue weighted by Crippen LogP contribution is -2.10. The van der Waals surface area contributed by atoms with Gasteiger partial charge in [0.05, 0.1) is 7.11 Å². The van der Waals surface area contributed by atoms with Crippen LogP contribution in [0.15, 0.2) is 106 Å². The number of esters is 1. The molecule has 0 aliphatic heterocycles. The zero-order valence-electron chi connectivity index (χ0n) is 21.8. The first-order valence-corrected chi connectivity index (χ1v) is 13.3. The van der Waals surface area contributed by atoms with Crippen LogP contribution in [0.3, 0.4) is 0 Å². The summed E-state index contributed by atoms with van der Waals surface area (Å²) < 4.78 is 23.9. The summed E-state index contributed by atoms with van der Waals surface area (Å²) in [6.45, 7) is 2.12. The van der Waals surface area contributed by atoms with E-state index in [1.807, 2.05) is 42.5 Å². The zero-order chi connectivity index (χ0) is 28.1. The van der Waals surface area contributed by atoms with E-state index in [2.05, 4.69) is 15.9 Å². The van der Waals surface area contributed by atoms with E-state index < -0.39 is 5.97 Å². The summed E-state index contributed by atoms with van der Waals surface area (Å²) in [7, 11) is 1.49. The van der Waals surface area contributed by atoms with Gasteiger partial charge in [-0.2, -0.15) is 0 Å². The minimum absolute atomic E-state index is 0.128. The number of furan rings is 1. The number of allylic oxidation sites excluding steroid dienone is 1. The van der Waals surface area contributed by atoms with Crippen molar-refractivity contribution >= 4 is 44.7 Å². The Morgan fingerprint density at radius 2 is 1.68 bits per heavy atom. The standard InChI is InChI=1S/C33H25BrO6/c1-21-32(27-19-26(14-17-29(27)39-21)38-20-23-6-4-3-5-7-23)33(36)40-30-16-9-22(18-31(30)37-2)8-15-28(35)24-10-12-25(34)13-11-24/h3-19H,20H2,1-2H3/b15-8+. The highest BCUT2D eigenvalue weighted by atomic mass is 79.9. The summed E-state index contributed by atoms with van der Waals surface area (Å²) in [6, 6.07) is 27.4. The van der Waals surface area contributed by atoms with E-state index in [4.69, 9.17) is 18.6 Å². The Bertz CT molecular complexity index is 1700. The van der Waals surface area contributed by atoms with Crippen LogP contribution in [0, 0.1) is 6.92 Å². The molecule has 4 aromatic carbocycles. The van der Waals surface area contributed by atoms with Gasteiger partial charge in [0.1, 0.15) is 29.3 Å². The van der Waals surface area contributed by atoms with Gasteiger partial charge in [-0.1, -0.05) is 58.4 Å². The van der Waals surface area contributed by atoms with Crippen LogP contribution in [0.2, 0.25) is 0 Å². The average molecular weight is 597 g/mol. The van der Waals surface area contributed by atoms with Crippen molar-refractivity contribution in [1.29, 1.82) is 0 Å². The van der Waals surface area contributed by atoms with Crippen LogP contribution in [-0.2, 0) is 6.61 Å². The first-order valence-electron chi connectivity index (χ1n) is 12.5. The Labute approximate surface area is 239 Å². The Hall–Kier alpha value is -4.62. The lowest BCUT2D eigenvalue weighted by molar-refractivity contribution is 0.0729. The van der Waals surface area contributed by atoms with Crippen LogP contribution in [0.25, 0.3) is 17.0 Å². The molecule has 0 spiro atoms. The number of benzene rings is 4. The van der Waals surface area contributed by atoms with Gasteiger partial charge in [0.2, 0.25) is 0 Å². The largest absolute Gasteiger partial charge is 0.493 e. The van der Waals surface area contributed by atoms with E-state index in [0.29, 0.717) is 51.5 Å². The fourth-order valence-electron chi connectivity index (χ4n) is 4.19. The molecule has 0 radical (unpaired) electrons. The van der Waals surface area contributed by atoms with Crippen LogP contribution < -0.4 is 14.2 Å². The summed E-state index contributed by atoms with van der Waals surface area (Å²) in [5, 5.41) is 0.595. The molecular formula is C33H25BrO6. The number of ether oxygens (including phenoxy) is 3. The smallest absolute Gasteiger partial charge is 0.347 e. The number of fused-ring (bicyclic) bond motifs is 1. The van der Waals surface area contributed by atoms with Crippen molar-refractivity contribution in [1.82, 2.24) is 0 Å². The molecule has 0 saturated carbocycles. The third kappa shape index (κ3) is 6.16. The van der Waals surface area contributed by atoms with E-state index in [1.54, 1.807) is 61.5 Å². The van der Waals surface area contributed by atoms with Crippen molar-refractivity contribution < 1.29 is 28.2 Å². The molecule has 0 aliphatic carbocycles. The number of ketones is 1. The third-order valence-electron chi connectivity index (χ3n) is 6.23. The van der Waals surface area contributed by atoms with E-state index in [-0.39, 0.29) is 11.5 Å². The molecule has 0 aliphatic rings. The molecule has 40 heavy (non-hydrogen) atoms. The summed E-state index contributed by atoms with van der Waals surface area (Å²) in [5.74, 6) is 0.931. The normalized spacial score (nSPS) is 11.1. The fourth-order valence-corrected chi connectivity index (χ4v) is 4.45. The van der Waals surface area contributed by atoms with Crippen molar-refractivity contribution in [3.63, 3.8) is 0 Å². The molecule has 0 saturated heterocycles. The first kappa shape index (κ1) is 27.0. The van der Waals surface area contributed by atoms with E-state index in [9.17, 15) is 9.59 Å². The molecule has 0 unspecified atom stereocenters. The Kier molecular flexibility index (Phi) is 8.12. The summed E-state index contributed by atoms with van der Waals surface area (Å²) in [4.78, 5) is 25.8. The quantitative estimate of drug-likeness (QED) is 0.0738. The highest BCUT2D eigenvalue weighted by Crippen LogP contribution is 2.33. The number of carbonyl (C=O) groups excluding carboxylic acids is 2. The molecule has 6 nitrogen and oxygen atoms in total. The Morgan fingerprint density at radius 1 is 0.900 bits per heavy atom. The highest BCUT2D eigenvalue weighted by molar-refractivity contribution is 9.10. The molecule has 0 amide bonds. The minimum Gasteiger partial charge on any atom is -0.493 e. The zero-order valence-corrected chi connectivity index (χ0v) is 23.4. The van der Waals surface area contributed by atoms with Crippen LogP contribution in [0.1, 0.15) is 37.6 Å². The molecule has 200 valence electrons. The second-order valence-electron chi connectivity index (χ2n) is 8.97. The van der Waals surface area contributed by atoms with Gasteiger partial charge in [-0.15, -0.1) is 0 Å². The van der Waals surface area contributed by atoms with Gasteiger partial charge in [-0.3, -0.25) is 4.79 Å². The van der Waals surface area contributed by atoms with Crippen molar-refractivity contribution in [2.75, 3.05) is 7.11 Å². The van der Waals surface area contributed by atoms with Crippen molar-refractivity contribution in [3.8, 4) is 17.2 Å². The highest BCUT2D eigenvalue weighted by Gasteiger charge is 2.22. The summed E-state index contributed by atoms with van der Waals surface area (Å²) in [6.07, 6.45) is 3.17. The predicted octanol–water partition coefficient (Wildman–Crippen LogP) is 8.21. The van der Waals surface area contributed by atoms with Crippen LogP contribution in [-0.4, -0.2) is 18.9 Å². The molecule has 7 heteroatoms. The number of rotatable bonds is 9. The Balaban J connectivity index is 1.33. The van der Waals surface area contributed by atoms with Gasteiger partial charge in [0.25, 0.3) is 0 Å². The topological polar surface area (TPSA) is 75.0 Å². The number of hydrogen-bond acceptors (Lipinski definition) is 6. The monoisotopic (exact) mass is 596 g/mol. The summed E-state index contributed by atoms with van der Waals surface area (Å²) >= 11 is 3.37. The van der Waals surface area contributed by atoms with Crippen molar-refractivity contribution in [3.05, 3.63) is 130 Å². The number of halogens is 1. The van der Waals surface area contributed by atoms with Crippen LogP contribution in [0.4, 0.5) is 0 Å². The number of hydrogen-bond donors (Lipinski definition) is 0. The molecule has 0 bridgehead atoms. The fraction of sp³-hybridized carbons (Fsp3) is 0.0909. The third-order valence-corrected chi connectivity index (χ3v) is 6.76. The molecular weight excluding hydrogens is 572 g/mol. The molecule has 5 aromatic rings. The number of carbonyl (C=O) groups is 2. The maximum Gasteiger partial charge on any atom is 0.347 e. The van der Waals surface area contributed by atoms with Gasteiger partial charge in [-0.05, 0) is 78.7 Å². The molecule has 0 atom stereocenters. The predicted molar refractivity (Wildman–Crippen MR) is 157 cm³/mol. The number of aryl methyl sites for hydroxylation is 1. The van der Waals surface area contributed by atoms with Crippen LogP contribution in [0.5, 0.6) is 17.2 Å².